The molecule has 1 atom stereocenters. The van der Waals surface area contributed by atoms with Gasteiger partial charge in [0.2, 0.25) is 6.10 Å². The Morgan fingerprint density at radius 1 is 1.65 bits per heavy atom. The molecule has 7 nitrogen and oxygen atoms in total. The number of hydrogen-bond donors (Lipinski definition) is 2. The zero-order valence-corrected chi connectivity index (χ0v) is 10.1. The van der Waals surface area contributed by atoms with E-state index in [2.05, 4.69) is 15.9 Å². The van der Waals surface area contributed by atoms with Gasteiger partial charge in [-0.2, -0.15) is 0 Å². The number of aliphatic carboxylic acids is 1. The van der Waals surface area contributed by atoms with Gasteiger partial charge in [0.1, 0.15) is 10.2 Å². The van der Waals surface area contributed by atoms with Gasteiger partial charge < -0.3 is 15.6 Å². The molecule has 1 unspecified atom stereocenters. The second kappa shape index (κ2) is 5.60. The number of carboxylic acids is 1. The summed E-state index contributed by atoms with van der Waals surface area (Å²) < 4.78 is 5.16. The lowest BCUT2D eigenvalue weighted by Gasteiger charge is -2.13. The zero-order chi connectivity index (χ0) is 13.0. The van der Waals surface area contributed by atoms with E-state index in [0.717, 1.165) is 0 Å². The van der Waals surface area contributed by atoms with Crippen LogP contribution in [0.1, 0.15) is 0 Å². The summed E-state index contributed by atoms with van der Waals surface area (Å²) in [4.78, 5) is 20.8. The van der Waals surface area contributed by atoms with E-state index in [1.54, 1.807) is 0 Å². The first-order valence-electron chi connectivity index (χ1n) is 4.49. The van der Waals surface area contributed by atoms with Crippen molar-refractivity contribution < 1.29 is 19.6 Å². The highest BCUT2D eigenvalue weighted by Gasteiger charge is 2.22. The topological polar surface area (TPSA) is 116 Å². The second-order valence-electron chi connectivity index (χ2n) is 3.03. The molecule has 0 aromatic heterocycles. The molecule has 0 aliphatic heterocycles. The largest absolute Gasteiger partial charge is 0.478 e. The molecular weight excluding hydrogens is 296 g/mol. The molecule has 0 radical (unpaired) electrons. The van der Waals surface area contributed by atoms with E-state index in [4.69, 9.17) is 15.6 Å². The molecule has 8 heteroatoms. The normalized spacial score (nSPS) is 11.9. The highest BCUT2D eigenvalue weighted by molar-refractivity contribution is 9.10. The number of nitro benzene ring substituents is 1. The van der Waals surface area contributed by atoms with Crippen LogP contribution in [0.3, 0.4) is 0 Å². The van der Waals surface area contributed by atoms with E-state index in [0.29, 0.717) is 0 Å². The molecule has 1 rings (SSSR count). The Bertz CT molecular complexity index is 451. The molecule has 0 saturated heterocycles. The van der Waals surface area contributed by atoms with Crippen molar-refractivity contribution >= 4 is 27.6 Å². The van der Waals surface area contributed by atoms with Crippen LogP contribution >= 0.6 is 15.9 Å². The first-order valence-corrected chi connectivity index (χ1v) is 5.29. The lowest BCUT2D eigenvalue weighted by atomic mass is 10.3. The van der Waals surface area contributed by atoms with Crippen LogP contribution < -0.4 is 10.5 Å². The summed E-state index contributed by atoms with van der Waals surface area (Å²) in [5.41, 5.74) is 5.01. The Kier molecular flexibility index (Phi) is 4.41. The Hall–Kier alpha value is -1.67. The van der Waals surface area contributed by atoms with Gasteiger partial charge in [-0.3, -0.25) is 10.1 Å². The maximum absolute atomic E-state index is 10.7. The number of nitrogens with two attached hydrogens (primary N) is 1. The number of halogens is 1. The van der Waals surface area contributed by atoms with E-state index in [1.807, 2.05) is 0 Å². The van der Waals surface area contributed by atoms with Crippen LogP contribution in [0.25, 0.3) is 0 Å². The average Bonchev–Trinajstić information content (AvgIpc) is 2.26. The van der Waals surface area contributed by atoms with Gasteiger partial charge in [-0.05, 0) is 22.0 Å². The number of ether oxygens (including phenoxy) is 1. The van der Waals surface area contributed by atoms with Crippen molar-refractivity contribution in [3.05, 3.63) is 32.8 Å². The highest BCUT2D eigenvalue weighted by atomic mass is 79.9. The third-order valence-corrected chi connectivity index (χ3v) is 2.70. The smallest absolute Gasteiger partial charge is 0.346 e. The van der Waals surface area contributed by atoms with Crippen LogP contribution in [0.5, 0.6) is 5.75 Å². The predicted octanol–water partition coefficient (Wildman–Crippen LogP) is 1.15. The van der Waals surface area contributed by atoms with E-state index < -0.39 is 17.0 Å². The van der Waals surface area contributed by atoms with Gasteiger partial charge in [0.25, 0.3) is 5.69 Å². The van der Waals surface area contributed by atoms with Crippen LogP contribution in [-0.2, 0) is 4.79 Å². The number of carboxylic acid groups (broad SMARTS) is 1. The van der Waals surface area contributed by atoms with Crippen LogP contribution in [0.4, 0.5) is 5.69 Å². The third-order valence-electron chi connectivity index (χ3n) is 1.90. The summed E-state index contributed by atoms with van der Waals surface area (Å²) in [6.07, 6.45) is -1.24. The lowest BCUT2D eigenvalue weighted by Crippen LogP contribution is -2.34. The van der Waals surface area contributed by atoms with Crippen molar-refractivity contribution in [2.75, 3.05) is 6.54 Å². The summed E-state index contributed by atoms with van der Waals surface area (Å²) in [6, 6.07) is 4.09. The molecule has 92 valence electrons. The molecule has 3 N–H and O–H groups in total. The van der Waals surface area contributed by atoms with Crippen LogP contribution in [0, 0.1) is 10.1 Å². The number of carbonyl (C=O) groups is 1. The average molecular weight is 305 g/mol. The summed E-state index contributed by atoms with van der Waals surface area (Å²) in [7, 11) is 0. The maximum atomic E-state index is 10.7. The number of nitrogens with zero attached hydrogens (tertiary/aromatic N) is 1. The van der Waals surface area contributed by atoms with E-state index in [-0.39, 0.29) is 22.5 Å². The van der Waals surface area contributed by atoms with E-state index >= 15 is 0 Å². The van der Waals surface area contributed by atoms with Crippen molar-refractivity contribution in [2.24, 2.45) is 5.73 Å². The van der Waals surface area contributed by atoms with Gasteiger partial charge in [-0.15, -0.1) is 0 Å². The van der Waals surface area contributed by atoms with E-state index in [1.165, 1.54) is 18.2 Å². The molecule has 0 saturated carbocycles. The van der Waals surface area contributed by atoms with Gasteiger partial charge in [0.15, 0.2) is 0 Å². The summed E-state index contributed by atoms with van der Waals surface area (Å²) in [5.74, 6) is -1.16. The van der Waals surface area contributed by atoms with Gasteiger partial charge in [-0.25, -0.2) is 4.79 Å². The minimum atomic E-state index is -1.24. The van der Waals surface area contributed by atoms with Crippen molar-refractivity contribution in [1.29, 1.82) is 0 Å². The molecule has 0 amide bonds. The van der Waals surface area contributed by atoms with E-state index in [9.17, 15) is 14.9 Å². The molecule has 0 spiro atoms. The number of nitro groups is 1. The monoisotopic (exact) mass is 304 g/mol. The van der Waals surface area contributed by atoms with Gasteiger partial charge >= 0.3 is 5.97 Å². The SMILES string of the molecule is NCC(Oc1cccc([N+](=O)[O-])c1Br)C(=O)O. The van der Waals surface area contributed by atoms with Crippen molar-refractivity contribution in [3.8, 4) is 5.75 Å². The van der Waals surface area contributed by atoms with Crippen molar-refractivity contribution in [1.82, 2.24) is 0 Å². The minimum absolute atomic E-state index is 0.0667. The standard InChI is InChI=1S/C9H9BrN2O5/c10-8-5(12(15)16)2-1-3-6(8)17-7(4-11)9(13)14/h1-3,7H,4,11H2,(H,13,14). The summed E-state index contributed by atoms with van der Waals surface area (Å²) >= 11 is 2.99. The first kappa shape index (κ1) is 13.4. The predicted molar refractivity (Wildman–Crippen MR) is 61.9 cm³/mol. The molecule has 1 aromatic carbocycles. The Morgan fingerprint density at radius 3 is 2.76 bits per heavy atom. The molecule has 0 bridgehead atoms. The lowest BCUT2D eigenvalue weighted by molar-refractivity contribution is -0.385. The number of rotatable bonds is 5. The molecule has 1 aromatic rings. The molecular formula is C9H9BrN2O5. The van der Waals surface area contributed by atoms with Gasteiger partial charge in [0.05, 0.1) is 4.92 Å². The summed E-state index contributed by atoms with van der Waals surface area (Å²) in [5, 5.41) is 19.4. The minimum Gasteiger partial charge on any atom is -0.478 e. The highest BCUT2D eigenvalue weighted by Crippen LogP contribution is 2.34. The van der Waals surface area contributed by atoms with Gasteiger partial charge in [-0.1, -0.05) is 6.07 Å². The molecule has 0 aliphatic carbocycles. The Balaban J connectivity index is 3.03. The van der Waals surface area contributed by atoms with Crippen LogP contribution in [0.15, 0.2) is 22.7 Å². The molecule has 0 aliphatic rings. The molecule has 0 fully saturated rings. The molecule has 0 heterocycles. The quantitative estimate of drug-likeness (QED) is 0.622. The number of hydrogen-bond acceptors (Lipinski definition) is 5. The molecule has 17 heavy (non-hydrogen) atoms. The fourth-order valence-corrected chi connectivity index (χ4v) is 1.59. The van der Waals surface area contributed by atoms with Crippen molar-refractivity contribution in [3.63, 3.8) is 0 Å². The fraction of sp³-hybridized carbons (Fsp3) is 0.222. The van der Waals surface area contributed by atoms with Crippen LogP contribution in [-0.4, -0.2) is 28.6 Å². The first-order chi connectivity index (χ1) is 7.97. The maximum Gasteiger partial charge on any atom is 0.346 e. The second-order valence-corrected chi connectivity index (χ2v) is 3.82. The Morgan fingerprint density at radius 2 is 2.29 bits per heavy atom. The summed E-state index contributed by atoms with van der Waals surface area (Å²) in [6.45, 7) is -0.232. The van der Waals surface area contributed by atoms with Crippen molar-refractivity contribution in [2.45, 2.75) is 6.10 Å². The third kappa shape index (κ3) is 3.14. The fourth-order valence-electron chi connectivity index (χ4n) is 1.08. The zero-order valence-electron chi connectivity index (χ0n) is 8.50. The van der Waals surface area contributed by atoms with Crippen LogP contribution in [0.2, 0.25) is 0 Å². The Labute approximate surface area is 104 Å². The number of benzene rings is 1. The van der Waals surface area contributed by atoms with Gasteiger partial charge in [0, 0.05) is 12.6 Å².